The third-order valence-corrected chi connectivity index (χ3v) is 9.62. The molecule has 278 valence electrons. The molecule has 0 spiro atoms. The highest BCUT2D eigenvalue weighted by Gasteiger charge is 2.24. The molecular weight excluding hydrogens is 588 g/mol. The van der Waals surface area contributed by atoms with Crippen molar-refractivity contribution in [2.24, 2.45) is 11.8 Å². The maximum Gasteiger partial charge on any atom is 0.308 e. The van der Waals surface area contributed by atoms with Crippen LogP contribution < -0.4 is 5.32 Å². The van der Waals surface area contributed by atoms with Crippen molar-refractivity contribution < 1.29 is 23.9 Å². The highest BCUT2D eigenvalue weighted by Crippen LogP contribution is 2.22. The van der Waals surface area contributed by atoms with Crippen LogP contribution in [0.1, 0.15) is 189 Å². The molecule has 7 heteroatoms. The van der Waals surface area contributed by atoms with Crippen molar-refractivity contribution >= 4 is 17.8 Å². The minimum absolute atomic E-state index is 0.0692. The Hall–Kier alpha value is -1.63. The van der Waals surface area contributed by atoms with Gasteiger partial charge in [0.1, 0.15) is 13.2 Å². The first kappa shape index (κ1) is 45.4. The molecule has 0 saturated carbocycles. The molecule has 0 rings (SSSR count). The van der Waals surface area contributed by atoms with Crippen molar-refractivity contribution in [3.63, 3.8) is 0 Å². The number of amides is 1. The summed E-state index contributed by atoms with van der Waals surface area (Å²) in [5, 5.41) is 3.02. The fourth-order valence-electron chi connectivity index (χ4n) is 6.22. The lowest BCUT2D eigenvalue weighted by Crippen LogP contribution is -2.46. The van der Waals surface area contributed by atoms with Crippen LogP contribution in [0.3, 0.4) is 0 Å². The Morgan fingerprint density at radius 3 is 1.13 bits per heavy atom. The average Bonchev–Trinajstić information content (AvgIpc) is 3.07. The fourth-order valence-corrected chi connectivity index (χ4v) is 6.22. The molecular formula is C40H78N2O5. The Kier molecular flexibility index (Phi) is 31.8. The zero-order valence-electron chi connectivity index (χ0n) is 32.0. The molecule has 1 N–H and O–H groups in total. The molecule has 0 heterocycles. The number of likely N-dealkylation sites (N-methyl/N-ethyl adjacent to an activating group) is 1. The first-order chi connectivity index (χ1) is 22.9. The molecule has 0 radical (unpaired) electrons. The summed E-state index contributed by atoms with van der Waals surface area (Å²) in [6.07, 6.45) is 27.2. The number of nitrogens with zero attached hydrogens (tertiary/aromatic N) is 1. The van der Waals surface area contributed by atoms with Crippen molar-refractivity contribution in [2.45, 2.75) is 195 Å². The predicted molar refractivity (Wildman–Crippen MR) is 198 cm³/mol. The van der Waals surface area contributed by atoms with E-state index in [-0.39, 0.29) is 48.9 Å². The summed E-state index contributed by atoms with van der Waals surface area (Å²) >= 11 is 0. The molecule has 0 aromatic heterocycles. The Balaban J connectivity index is 5.06. The van der Waals surface area contributed by atoms with E-state index < -0.39 is 0 Å². The molecule has 0 aromatic carbocycles. The molecule has 7 nitrogen and oxygen atoms in total. The lowest BCUT2D eigenvalue weighted by Gasteiger charge is -2.26. The monoisotopic (exact) mass is 667 g/mol. The predicted octanol–water partition coefficient (Wildman–Crippen LogP) is 10.2. The molecule has 0 aliphatic heterocycles. The molecule has 3 atom stereocenters. The molecule has 0 aliphatic rings. The fraction of sp³-hybridized carbons (Fsp3) is 0.925. The lowest BCUT2D eigenvalue weighted by atomic mass is 9.94. The van der Waals surface area contributed by atoms with Gasteiger partial charge in [-0.25, -0.2) is 0 Å². The van der Waals surface area contributed by atoms with Crippen molar-refractivity contribution in [3.8, 4) is 0 Å². The van der Waals surface area contributed by atoms with Gasteiger partial charge in [-0.05, 0) is 39.7 Å². The summed E-state index contributed by atoms with van der Waals surface area (Å²) in [5.74, 6) is -0.473. The van der Waals surface area contributed by atoms with Crippen LogP contribution in [0.4, 0.5) is 0 Å². The Bertz CT molecular complexity index is 696. The zero-order valence-corrected chi connectivity index (χ0v) is 32.0. The van der Waals surface area contributed by atoms with Crippen LogP contribution in [0.2, 0.25) is 0 Å². The summed E-state index contributed by atoms with van der Waals surface area (Å²) in [4.78, 5) is 41.2. The van der Waals surface area contributed by atoms with Gasteiger partial charge >= 0.3 is 11.9 Å². The average molecular weight is 667 g/mol. The second-order valence-corrected chi connectivity index (χ2v) is 13.9. The van der Waals surface area contributed by atoms with Crippen molar-refractivity contribution in [2.75, 3.05) is 33.4 Å². The summed E-state index contributed by atoms with van der Waals surface area (Å²) in [6, 6.07) is -0.376. The van der Waals surface area contributed by atoms with Crippen molar-refractivity contribution in [3.05, 3.63) is 0 Å². The van der Waals surface area contributed by atoms with Gasteiger partial charge in [-0.3, -0.25) is 14.4 Å². The smallest absolute Gasteiger partial charge is 0.308 e. The zero-order chi connectivity index (χ0) is 35.0. The largest absolute Gasteiger partial charge is 0.464 e. The van der Waals surface area contributed by atoms with E-state index in [0.717, 1.165) is 64.2 Å². The van der Waals surface area contributed by atoms with E-state index in [1.807, 2.05) is 6.92 Å². The van der Waals surface area contributed by atoms with Crippen LogP contribution in [0.5, 0.6) is 0 Å². The highest BCUT2D eigenvalue weighted by atomic mass is 16.5. The Morgan fingerprint density at radius 2 is 0.809 bits per heavy atom. The number of nitrogens with one attached hydrogen (secondary N) is 1. The molecule has 0 bridgehead atoms. The van der Waals surface area contributed by atoms with Crippen LogP contribution in [-0.4, -0.2) is 62.1 Å². The molecule has 47 heavy (non-hydrogen) atoms. The number of hydrogen-bond acceptors (Lipinski definition) is 6. The molecule has 0 aliphatic carbocycles. The number of esters is 2. The van der Waals surface area contributed by atoms with Gasteiger partial charge in [-0.1, -0.05) is 156 Å². The van der Waals surface area contributed by atoms with Crippen LogP contribution in [0.15, 0.2) is 0 Å². The number of unbranched alkanes of at least 4 members (excludes halogenated alkanes) is 16. The highest BCUT2D eigenvalue weighted by molar-refractivity contribution is 5.81. The third-order valence-electron chi connectivity index (χ3n) is 9.62. The molecule has 0 aromatic rings. The minimum Gasteiger partial charge on any atom is -0.464 e. The van der Waals surface area contributed by atoms with Gasteiger partial charge in [0.05, 0.1) is 31.0 Å². The minimum atomic E-state index is -0.376. The van der Waals surface area contributed by atoms with E-state index in [1.165, 1.54) is 89.9 Å². The van der Waals surface area contributed by atoms with Gasteiger partial charge in [0, 0.05) is 0 Å². The van der Waals surface area contributed by atoms with E-state index in [1.54, 1.807) is 11.9 Å². The van der Waals surface area contributed by atoms with Crippen LogP contribution in [-0.2, 0) is 23.9 Å². The first-order valence-corrected chi connectivity index (χ1v) is 20.1. The van der Waals surface area contributed by atoms with Gasteiger partial charge in [0.15, 0.2) is 0 Å². The Labute approximate surface area is 291 Å². The molecule has 0 saturated heterocycles. The van der Waals surface area contributed by atoms with Crippen LogP contribution in [0.25, 0.3) is 0 Å². The van der Waals surface area contributed by atoms with Gasteiger partial charge in [-0.2, -0.15) is 0 Å². The van der Waals surface area contributed by atoms with Crippen LogP contribution in [0, 0.1) is 11.8 Å². The summed E-state index contributed by atoms with van der Waals surface area (Å²) < 4.78 is 11.6. The summed E-state index contributed by atoms with van der Waals surface area (Å²) in [6.45, 7) is 11.6. The van der Waals surface area contributed by atoms with E-state index in [9.17, 15) is 14.4 Å². The van der Waals surface area contributed by atoms with Crippen molar-refractivity contribution in [1.82, 2.24) is 10.2 Å². The topological polar surface area (TPSA) is 84.9 Å². The van der Waals surface area contributed by atoms with Gasteiger partial charge in [0.2, 0.25) is 5.91 Å². The third kappa shape index (κ3) is 25.1. The maximum atomic E-state index is 13.2. The van der Waals surface area contributed by atoms with Crippen LogP contribution >= 0.6 is 0 Å². The van der Waals surface area contributed by atoms with Gasteiger partial charge in [0.25, 0.3) is 0 Å². The maximum absolute atomic E-state index is 13.2. The van der Waals surface area contributed by atoms with E-state index in [2.05, 4.69) is 33.0 Å². The van der Waals surface area contributed by atoms with Gasteiger partial charge in [-0.15, -0.1) is 0 Å². The summed E-state index contributed by atoms with van der Waals surface area (Å²) in [7, 11) is 1.76. The number of ether oxygens (including phenoxy) is 2. The normalized spacial score (nSPS) is 13.2. The lowest BCUT2D eigenvalue weighted by molar-refractivity contribution is -0.152. The second-order valence-electron chi connectivity index (χ2n) is 13.9. The second kappa shape index (κ2) is 32.9. The van der Waals surface area contributed by atoms with E-state index in [0.29, 0.717) is 13.1 Å². The number of hydrogen-bond donors (Lipinski definition) is 1. The number of carbonyl (C=O) groups excluding carboxylic acids is 3. The number of carbonyl (C=O) groups is 3. The molecule has 0 fully saturated rings. The van der Waals surface area contributed by atoms with Gasteiger partial charge < -0.3 is 19.7 Å². The van der Waals surface area contributed by atoms with E-state index in [4.69, 9.17) is 9.47 Å². The molecule has 3 unspecified atom stereocenters. The standard InChI is InChI=1S/C40H78N2O5/c1-7-11-15-19-21-25-29-36(27-23-17-13-9-3)39(44)46-33-31-42(38(43)35(5)41-6)32-34-47-40(45)37(28-24-18-14-10-4)30-26-22-20-16-12-8-2/h35-37,41H,7-34H2,1-6H3. The van der Waals surface area contributed by atoms with Crippen molar-refractivity contribution in [1.29, 1.82) is 0 Å². The summed E-state index contributed by atoms with van der Waals surface area (Å²) in [5.41, 5.74) is 0. The van der Waals surface area contributed by atoms with E-state index >= 15 is 0 Å². The number of rotatable bonds is 34. The quantitative estimate of drug-likeness (QED) is 0.0543. The molecule has 1 amide bonds. The SMILES string of the molecule is CCCCCCCCC(CCCCCC)C(=O)OCCN(CCOC(=O)C(CCCCCC)CCCCCCCC)C(=O)C(C)NC. The Morgan fingerprint density at radius 1 is 0.511 bits per heavy atom. The first-order valence-electron chi connectivity index (χ1n) is 20.1.